The van der Waals surface area contributed by atoms with Crippen molar-refractivity contribution in [2.45, 2.75) is 53.4 Å². The third kappa shape index (κ3) is 4.83. The summed E-state index contributed by atoms with van der Waals surface area (Å²) in [6.07, 6.45) is 6.68. The molecule has 5 aromatic rings. The second kappa shape index (κ2) is 10.6. The number of rotatable bonds is 6. The monoisotopic (exact) mass is 515 g/mol. The summed E-state index contributed by atoms with van der Waals surface area (Å²) in [7, 11) is 4.31. The van der Waals surface area contributed by atoms with Crippen molar-refractivity contribution < 1.29 is 9.13 Å². The largest absolute Gasteiger partial charge is 0.294 e. The lowest BCUT2D eigenvalue weighted by Gasteiger charge is -2.18. The molecule has 0 unspecified atom stereocenters. The summed E-state index contributed by atoms with van der Waals surface area (Å²) < 4.78 is 6.95. The van der Waals surface area contributed by atoms with Crippen molar-refractivity contribution in [3.63, 3.8) is 0 Å². The maximum atomic E-state index is 2.42. The molecule has 3 aromatic carbocycles. The van der Waals surface area contributed by atoms with Gasteiger partial charge in [-0.25, -0.2) is 9.13 Å². The second-order valence-electron chi connectivity index (χ2n) is 11.4. The lowest BCUT2D eigenvalue weighted by molar-refractivity contribution is -0.660. The van der Waals surface area contributed by atoms with Crippen LogP contribution in [0.2, 0.25) is 0 Å². The highest BCUT2D eigenvalue weighted by Crippen LogP contribution is 2.36. The Morgan fingerprint density at radius 3 is 1.92 bits per heavy atom. The van der Waals surface area contributed by atoms with E-state index >= 15 is 0 Å². The second-order valence-corrected chi connectivity index (χ2v) is 11.4. The number of benzene rings is 3. The number of imidazole rings is 1. The van der Waals surface area contributed by atoms with Crippen molar-refractivity contribution in [3.8, 4) is 39.5 Å². The molecule has 0 atom stereocenters. The van der Waals surface area contributed by atoms with Crippen molar-refractivity contribution in [1.82, 2.24) is 4.57 Å². The van der Waals surface area contributed by atoms with Gasteiger partial charge >= 0.3 is 0 Å². The Morgan fingerprint density at radius 1 is 0.667 bits per heavy atom. The first-order chi connectivity index (χ1) is 18.7. The predicted molar refractivity (Wildman–Crippen MR) is 162 cm³/mol. The summed E-state index contributed by atoms with van der Waals surface area (Å²) in [6.45, 7) is 13.6. The number of para-hydroxylation sites is 1. The van der Waals surface area contributed by atoms with E-state index in [1.54, 1.807) is 0 Å². The number of hydrogen-bond acceptors (Lipinski definition) is 0. The van der Waals surface area contributed by atoms with Crippen LogP contribution in [0.5, 0.6) is 0 Å². The van der Waals surface area contributed by atoms with Gasteiger partial charge in [-0.2, -0.15) is 4.57 Å². The van der Waals surface area contributed by atoms with Crippen LogP contribution in [-0.4, -0.2) is 4.57 Å². The maximum Gasteiger partial charge on any atom is 0.294 e. The number of pyridine rings is 1. The smallest absolute Gasteiger partial charge is 0.232 e. The molecule has 0 aliphatic heterocycles. The van der Waals surface area contributed by atoms with Gasteiger partial charge in [-0.05, 0) is 54.5 Å². The highest BCUT2D eigenvalue weighted by Gasteiger charge is 2.28. The first kappa shape index (κ1) is 26.6. The van der Waals surface area contributed by atoms with E-state index in [1.807, 2.05) is 0 Å². The zero-order valence-corrected chi connectivity index (χ0v) is 24.7. The molecule has 0 N–H and O–H groups in total. The van der Waals surface area contributed by atoms with Crippen molar-refractivity contribution in [3.05, 3.63) is 114 Å². The van der Waals surface area contributed by atoms with Crippen molar-refractivity contribution >= 4 is 0 Å². The average molecular weight is 516 g/mol. The molecule has 198 valence electrons. The van der Waals surface area contributed by atoms with Crippen LogP contribution in [0.1, 0.15) is 61.8 Å². The van der Waals surface area contributed by atoms with E-state index in [9.17, 15) is 0 Å². The van der Waals surface area contributed by atoms with Gasteiger partial charge < -0.3 is 0 Å². The van der Waals surface area contributed by atoms with Crippen molar-refractivity contribution in [1.29, 1.82) is 0 Å². The molecule has 0 saturated carbocycles. The van der Waals surface area contributed by atoms with Gasteiger partial charge in [-0.3, -0.25) is 0 Å². The van der Waals surface area contributed by atoms with Crippen LogP contribution in [-0.2, 0) is 14.1 Å². The number of aromatic nitrogens is 3. The minimum absolute atomic E-state index is 0.428. The molecular formula is C36H41N3+2. The SMILES string of the molecule is Cc1cc(-c2cccc(-c3n(-c4c(C(C)C)cccc4C(C)C)cc[n+]3C)c2C)[n+](C)cc1-c1ccccc1. The fourth-order valence-corrected chi connectivity index (χ4v) is 5.86. The van der Waals surface area contributed by atoms with E-state index in [-0.39, 0.29) is 0 Å². The number of aryl methyl sites for hydroxylation is 3. The summed E-state index contributed by atoms with van der Waals surface area (Å²) in [5.41, 5.74) is 12.9. The molecular weight excluding hydrogens is 474 g/mol. The van der Waals surface area contributed by atoms with Crippen LogP contribution >= 0.6 is 0 Å². The van der Waals surface area contributed by atoms with E-state index in [2.05, 4.69) is 161 Å². The molecule has 0 spiro atoms. The van der Waals surface area contributed by atoms with Crippen LogP contribution < -0.4 is 9.13 Å². The summed E-state index contributed by atoms with van der Waals surface area (Å²) in [5, 5.41) is 0. The zero-order valence-electron chi connectivity index (χ0n) is 24.7. The Bertz CT molecular complexity index is 1610. The minimum Gasteiger partial charge on any atom is -0.232 e. The Morgan fingerprint density at radius 2 is 1.28 bits per heavy atom. The van der Waals surface area contributed by atoms with Crippen LogP contribution in [0.15, 0.2) is 91.4 Å². The van der Waals surface area contributed by atoms with Gasteiger partial charge in [-0.15, -0.1) is 0 Å². The van der Waals surface area contributed by atoms with Gasteiger partial charge in [0, 0.05) is 28.3 Å². The summed E-state index contributed by atoms with van der Waals surface area (Å²) in [5.74, 6) is 2.05. The average Bonchev–Trinajstić information content (AvgIpc) is 3.30. The minimum atomic E-state index is 0.428. The Balaban J connectivity index is 1.70. The summed E-state index contributed by atoms with van der Waals surface area (Å²) in [4.78, 5) is 0. The van der Waals surface area contributed by atoms with Gasteiger partial charge in [0.2, 0.25) is 5.69 Å². The maximum absolute atomic E-state index is 2.42. The highest BCUT2D eigenvalue weighted by molar-refractivity contribution is 5.75. The first-order valence-corrected chi connectivity index (χ1v) is 14.0. The van der Waals surface area contributed by atoms with Crippen molar-refractivity contribution in [2.75, 3.05) is 0 Å². The molecule has 3 nitrogen and oxygen atoms in total. The molecule has 5 rings (SSSR count). The summed E-state index contributed by atoms with van der Waals surface area (Å²) >= 11 is 0. The quantitative estimate of drug-likeness (QED) is 0.203. The Kier molecular flexibility index (Phi) is 7.27. The molecule has 0 fully saturated rings. The Labute approximate surface area is 234 Å². The molecule has 0 amide bonds. The predicted octanol–water partition coefficient (Wildman–Crippen LogP) is 7.99. The Hall–Kier alpha value is -3.98. The molecule has 0 saturated heterocycles. The fourth-order valence-electron chi connectivity index (χ4n) is 5.86. The normalized spacial score (nSPS) is 11.5. The standard InChI is InChI=1S/C36H41N3/c1-24(2)29-16-12-17-30(25(3)4)35(29)39-21-20-37(7)36(39)32-19-13-18-31(27(32)6)34-22-26(5)33(23-38(34)8)28-14-10-9-11-15-28/h9-25H,1-8H3/q+2. The van der Waals surface area contributed by atoms with E-state index in [1.165, 1.54) is 61.7 Å². The topological polar surface area (TPSA) is 12.7 Å². The third-order valence-electron chi connectivity index (χ3n) is 8.00. The van der Waals surface area contributed by atoms with E-state index in [0.717, 1.165) is 0 Å². The first-order valence-electron chi connectivity index (χ1n) is 14.0. The van der Waals surface area contributed by atoms with E-state index < -0.39 is 0 Å². The van der Waals surface area contributed by atoms with Gasteiger partial charge in [0.15, 0.2) is 6.20 Å². The van der Waals surface area contributed by atoms with Gasteiger partial charge in [0.1, 0.15) is 25.1 Å². The molecule has 2 aromatic heterocycles. The third-order valence-corrected chi connectivity index (χ3v) is 8.00. The molecule has 0 aliphatic carbocycles. The number of nitrogens with zero attached hydrogens (tertiary/aromatic N) is 3. The summed E-state index contributed by atoms with van der Waals surface area (Å²) in [6, 6.07) is 26.5. The molecule has 0 aliphatic rings. The zero-order chi connectivity index (χ0) is 27.8. The molecule has 2 heterocycles. The number of hydrogen-bond donors (Lipinski definition) is 0. The van der Waals surface area contributed by atoms with Crippen molar-refractivity contribution in [2.24, 2.45) is 14.1 Å². The molecule has 0 radical (unpaired) electrons. The van der Waals surface area contributed by atoms with E-state index in [0.29, 0.717) is 11.8 Å². The highest BCUT2D eigenvalue weighted by atomic mass is 15.1. The van der Waals surface area contributed by atoms with Crippen LogP contribution in [0.4, 0.5) is 0 Å². The molecule has 39 heavy (non-hydrogen) atoms. The van der Waals surface area contributed by atoms with Crippen LogP contribution in [0.3, 0.4) is 0 Å². The fraction of sp³-hybridized carbons (Fsp3) is 0.278. The lowest BCUT2D eigenvalue weighted by atomic mass is 9.92. The molecule has 0 bridgehead atoms. The van der Waals surface area contributed by atoms with Gasteiger partial charge in [0.05, 0.1) is 12.6 Å². The van der Waals surface area contributed by atoms with Gasteiger partial charge in [0.25, 0.3) is 5.82 Å². The van der Waals surface area contributed by atoms with Crippen LogP contribution in [0, 0.1) is 13.8 Å². The van der Waals surface area contributed by atoms with Gasteiger partial charge in [-0.1, -0.05) is 82.3 Å². The lowest BCUT2D eigenvalue weighted by Crippen LogP contribution is -2.32. The molecule has 3 heteroatoms. The van der Waals surface area contributed by atoms with Crippen LogP contribution in [0.25, 0.3) is 39.5 Å². The van der Waals surface area contributed by atoms with E-state index in [4.69, 9.17) is 0 Å².